The van der Waals surface area contributed by atoms with Gasteiger partial charge in [0.1, 0.15) is 5.78 Å². The Morgan fingerprint density at radius 2 is 1.92 bits per heavy atom. The monoisotopic (exact) mass is 354 g/mol. The molecule has 0 aromatic heterocycles. The zero-order chi connectivity index (χ0) is 18.7. The Bertz CT molecular complexity index is 432. The maximum absolute atomic E-state index is 12.1. The number of carboxylic acid groups (broad SMARTS) is 1. The van der Waals surface area contributed by atoms with E-state index in [2.05, 4.69) is 6.92 Å². The van der Waals surface area contributed by atoms with Crippen molar-refractivity contribution in [3.8, 4) is 0 Å². The Hall–Kier alpha value is -1.20. The minimum absolute atomic E-state index is 0.105. The summed E-state index contributed by atoms with van der Waals surface area (Å²) in [6.45, 7) is 2.12. The zero-order valence-corrected chi connectivity index (χ0v) is 15.4. The molecule has 0 heterocycles. The Morgan fingerprint density at radius 3 is 2.60 bits per heavy atom. The van der Waals surface area contributed by atoms with Crippen LogP contribution in [0.15, 0.2) is 12.2 Å². The van der Waals surface area contributed by atoms with E-state index in [9.17, 15) is 19.8 Å². The van der Waals surface area contributed by atoms with Gasteiger partial charge in [-0.25, -0.2) is 0 Å². The summed E-state index contributed by atoms with van der Waals surface area (Å²) < 4.78 is 0. The summed E-state index contributed by atoms with van der Waals surface area (Å²) in [6, 6.07) is 0. The standard InChI is InChI=1S/C20H34O5/c1-2-3-6-9-15(21)12-13-17-16(18(22)14-19(17)23)10-7-4-5-8-11-20(24)25/h12-13,15-17,19,21,23H,2-11,14H2,1H3,(H,24,25)/t15?,16-,17-,19+/m1/s1. The van der Waals surface area contributed by atoms with Crippen molar-refractivity contribution in [2.75, 3.05) is 0 Å². The Labute approximate surface area is 151 Å². The number of hydrogen-bond donors (Lipinski definition) is 3. The van der Waals surface area contributed by atoms with Crippen molar-refractivity contribution in [1.82, 2.24) is 0 Å². The van der Waals surface area contributed by atoms with Gasteiger partial charge in [0, 0.05) is 24.7 Å². The third kappa shape index (κ3) is 8.63. The summed E-state index contributed by atoms with van der Waals surface area (Å²) in [5, 5.41) is 28.7. The molecule has 1 aliphatic rings. The molecule has 0 amide bonds. The summed E-state index contributed by atoms with van der Waals surface area (Å²) in [5.41, 5.74) is 0. The summed E-state index contributed by atoms with van der Waals surface area (Å²) in [7, 11) is 0. The summed E-state index contributed by atoms with van der Waals surface area (Å²) in [6.07, 6.45) is 10.7. The minimum atomic E-state index is -0.767. The molecule has 5 heteroatoms. The van der Waals surface area contributed by atoms with Gasteiger partial charge in [-0.3, -0.25) is 9.59 Å². The number of aliphatic carboxylic acids is 1. The van der Waals surface area contributed by atoms with Crippen molar-refractivity contribution >= 4 is 11.8 Å². The Balaban J connectivity index is 2.39. The molecule has 1 saturated carbocycles. The number of rotatable bonds is 13. The molecule has 5 nitrogen and oxygen atoms in total. The highest BCUT2D eigenvalue weighted by atomic mass is 16.4. The fourth-order valence-corrected chi connectivity index (χ4v) is 3.54. The van der Waals surface area contributed by atoms with Crippen LogP contribution in [-0.2, 0) is 9.59 Å². The van der Waals surface area contributed by atoms with Crippen molar-refractivity contribution in [1.29, 1.82) is 0 Å². The highest BCUT2D eigenvalue weighted by molar-refractivity contribution is 5.84. The molecule has 144 valence electrons. The van der Waals surface area contributed by atoms with Crippen LogP contribution in [-0.4, -0.2) is 39.3 Å². The Kier molecular flexibility index (Phi) is 10.7. The van der Waals surface area contributed by atoms with E-state index in [1.807, 2.05) is 6.08 Å². The van der Waals surface area contributed by atoms with Gasteiger partial charge in [-0.1, -0.05) is 57.6 Å². The number of carbonyl (C=O) groups excluding carboxylic acids is 1. The Morgan fingerprint density at radius 1 is 1.20 bits per heavy atom. The SMILES string of the molecule is CCCCCC(O)C=C[C@H]1[C@@H](O)CC(=O)[C@@H]1CCCCCCC(=O)O. The van der Waals surface area contributed by atoms with Crippen molar-refractivity contribution in [3.63, 3.8) is 0 Å². The van der Waals surface area contributed by atoms with E-state index in [0.717, 1.165) is 51.4 Å². The lowest BCUT2D eigenvalue weighted by molar-refractivity contribution is -0.137. The fraction of sp³-hybridized carbons (Fsp3) is 0.800. The number of aliphatic hydroxyl groups excluding tert-OH is 2. The van der Waals surface area contributed by atoms with Crippen LogP contribution in [0.1, 0.15) is 77.6 Å². The average molecular weight is 354 g/mol. The third-order valence-electron chi connectivity index (χ3n) is 5.05. The quantitative estimate of drug-likeness (QED) is 0.348. The van der Waals surface area contributed by atoms with Crippen LogP contribution < -0.4 is 0 Å². The van der Waals surface area contributed by atoms with Crippen LogP contribution in [0.5, 0.6) is 0 Å². The number of aliphatic hydroxyl groups is 2. The van der Waals surface area contributed by atoms with Gasteiger partial charge in [0.25, 0.3) is 0 Å². The third-order valence-corrected chi connectivity index (χ3v) is 5.05. The van der Waals surface area contributed by atoms with Crippen LogP contribution >= 0.6 is 0 Å². The molecule has 0 saturated heterocycles. The molecule has 0 spiro atoms. The van der Waals surface area contributed by atoms with Gasteiger partial charge in [-0.15, -0.1) is 0 Å². The first-order valence-electron chi connectivity index (χ1n) is 9.74. The highest BCUT2D eigenvalue weighted by Crippen LogP contribution is 2.34. The van der Waals surface area contributed by atoms with Crippen LogP contribution in [0.4, 0.5) is 0 Å². The molecule has 25 heavy (non-hydrogen) atoms. The molecule has 1 unspecified atom stereocenters. The predicted molar refractivity (Wildman–Crippen MR) is 97.2 cm³/mol. The van der Waals surface area contributed by atoms with Gasteiger partial charge in [0.2, 0.25) is 0 Å². The summed E-state index contributed by atoms with van der Waals surface area (Å²) in [5.74, 6) is -1.04. The average Bonchev–Trinajstić information content (AvgIpc) is 2.82. The molecule has 0 aliphatic heterocycles. The smallest absolute Gasteiger partial charge is 0.303 e. The van der Waals surface area contributed by atoms with E-state index in [1.54, 1.807) is 6.08 Å². The number of ketones is 1. The second-order valence-corrected chi connectivity index (χ2v) is 7.22. The first-order chi connectivity index (χ1) is 12.0. The lowest BCUT2D eigenvalue weighted by atomic mass is 9.88. The van der Waals surface area contributed by atoms with E-state index >= 15 is 0 Å². The minimum Gasteiger partial charge on any atom is -0.481 e. The molecule has 1 rings (SSSR count). The number of Topliss-reactive ketones (excluding diaryl/α,β-unsaturated/α-hetero) is 1. The molecular formula is C20H34O5. The van der Waals surface area contributed by atoms with Crippen molar-refractivity contribution in [2.45, 2.75) is 89.8 Å². The molecule has 0 aromatic carbocycles. The van der Waals surface area contributed by atoms with Crippen LogP contribution in [0, 0.1) is 11.8 Å². The number of carboxylic acids is 1. The molecule has 0 bridgehead atoms. The van der Waals surface area contributed by atoms with Gasteiger partial charge in [-0.05, 0) is 19.3 Å². The van der Waals surface area contributed by atoms with Gasteiger partial charge in [-0.2, -0.15) is 0 Å². The van der Waals surface area contributed by atoms with Crippen LogP contribution in [0.2, 0.25) is 0 Å². The van der Waals surface area contributed by atoms with E-state index in [4.69, 9.17) is 5.11 Å². The van der Waals surface area contributed by atoms with E-state index in [-0.39, 0.29) is 30.5 Å². The van der Waals surface area contributed by atoms with E-state index < -0.39 is 18.2 Å². The first kappa shape index (κ1) is 21.8. The zero-order valence-electron chi connectivity index (χ0n) is 15.4. The maximum atomic E-state index is 12.1. The van der Waals surface area contributed by atoms with Gasteiger partial charge >= 0.3 is 5.97 Å². The lowest BCUT2D eigenvalue weighted by Gasteiger charge is -2.18. The predicted octanol–water partition coefficient (Wildman–Crippen LogP) is 3.48. The van der Waals surface area contributed by atoms with E-state index in [0.29, 0.717) is 6.42 Å². The topological polar surface area (TPSA) is 94.8 Å². The van der Waals surface area contributed by atoms with E-state index in [1.165, 1.54) is 0 Å². The van der Waals surface area contributed by atoms with Gasteiger partial charge < -0.3 is 15.3 Å². The molecule has 4 atom stereocenters. The van der Waals surface area contributed by atoms with Crippen LogP contribution in [0.25, 0.3) is 0 Å². The summed E-state index contributed by atoms with van der Waals surface area (Å²) >= 11 is 0. The molecule has 3 N–H and O–H groups in total. The first-order valence-corrected chi connectivity index (χ1v) is 9.74. The van der Waals surface area contributed by atoms with Crippen molar-refractivity contribution < 1.29 is 24.9 Å². The second-order valence-electron chi connectivity index (χ2n) is 7.22. The molecular weight excluding hydrogens is 320 g/mol. The molecule has 0 aromatic rings. The van der Waals surface area contributed by atoms with Crippen molar-refractivity contribution in [2.24, 2.45) is 11.8 Å². The molecule has 0 radical (unpaired) electrons. The number of carbonyl (C=O) groups is 2. The normalized spacial score (nSPS) is 24.9. The largest absolute Gasteiger partial charge is 0.481 e. The molecule has 1 aliphatic carbocycles. The summed E-state index contributed by atoms with van der Waals surface area (Å²) in [4.78, 5) is 22.6. The van der Waals surface area contributed by atoms with Crippen LogP contribution in [0.3, 0.4) is 0 Å². The van der Waals surface area contributed by atoms with Crippen molar-refractivity contribution in [3.05, 3.63) is 12.2 Å². The number of hydrogen-bond acceptors (Lipinski definition) is 4. The molecule has 1 fully saturated rings. The van der Waals surface area contributed by atoms with Gasteiger partial charge in [0.05, 0.1) is 12.2 Å². The second kappa shape index (κ2) is 12.2. The fourth-order valence-electron chi connectivity index (χ4n) is 3.54. The maximum Gasteiger partial charge on any atom is 0.303 e. The van der Waals surface area contributed by atoms with Gasteiger partial charge in [0.15, 0.2) is 0 Å². The lowest BCUT2D eigenvalue weighted by Crippen LogP contribution is -2.19. The number of unbranched alkanes of at least 4 members (excludes halogenated alkanes) is 5. The highest BCUT2D eigenvalue weighted by Gasteiger charge is 2.39.